The summed E-state index contributed by atoms with van der Waals surface area (Å²) in [5.74, 6) is 0. The summed E-state index contributed by atoms with van der Waals surface area (Å²) >= 11 is 6.04. The number of rotatable bonds is 4. The first-order chi connectivity index (χ1) is 6.24. The van der Waals surface area contributed by atoms with E-state index in [-0.39, 0.29) is 5.38 Å². The fourth-order valence-corrected chi connectivity index (χ4v) is 1.50. The van der Waals surface area contributed by atoms with Crippen LogP contribution in [0.5, 0.6) is 0 Å². The first-order valence-corrected chi connectivity index (χ1v) is 4.70. The minimum absolute atomic E-state index is 0.0473. The van der Waals surface area contributed by atoms with Crippen LogP contribution in [0, 0.1) is 6.92 Å². The number of alkyl halides is 1. The van der Waals surface area contributed by atoms with E-state index in [2.05, 4.69) is 4.98 Å². The molecule has 1 unspecified atom stereocenters. The molecule has 13 heavy (non-hydrogen) atoms. The highest BCUT2D eigenvalue weighted by atomic mass is 35.5. The van der Waals surface area contributed by atoms with Gasteiger partial charge in [0.15, 0.2) is 0 Å². The number of aromatic nitrogens is 1. The Balaban J connectivity index is 2.58. The number of aryl methyl sites for hydroxylation is 1. The maximum atomic E-state index is 6.04. The molecule has 0 aliphatic heterocycles. The lowest BCUT2D eigenvalue weighted by atomic mass is 10.1. The monoisotopic (exact) mass is 199 g/mol. The van der Waals surface area contributed by atoms with Crippen molar-refractivity contribution in [1.29, 1.82) is 0 Å². The SMILES string of the molecule is COCC(Cl)Cc1ccncc1C. The maximum absolute atomic E-state index is 6.04. The van der Waals surface area contributed by atoms with E-state index in [9.17, 15) is 0 Å². The highest BCUT2D eigenvalue weighted by Crippen LogP contribution is 2.11. The Labute approximate surface area is 83.9 Å². The molecule has 0 aliphatic rings. The largest absolute Gasteiger partial charge is 0.383 e. The van der Waals surface area contributed by atoms with E-state index in [4.69, 9.17) is 16.3 Å². The predicted molar refractivity (Wildman–Crippen MR) is 54.2 cm³/mol. The van der Waals surface area contributed by atoms with Crippen molar-refractivity contribution in [2.24, 2.45) is 0 Å². The summed E-state index contributed by atoms with van der Waals surface area (Å²) in [5, 5.41) is 0.0473. The molecule has 0 saturated carbocycles. The van der Waals surface area contributed by atoms with Crippen LogP contribution in [0.3, 0.4) is 0 Å². The second kappa shape index (κ2) is 5.20. The summed E-state index contributed by atoms with van der Waals surface area (Å²) in [4.78, 5) is 4.02. The van der Waals surface area contributed by atoms with Gasteiger partial charge in [0.2, 0.25) is 0 Å². The molecule has 0 saturated heterocycles. The molecule has 0 aromatic carbocycles. The van der Waals surface area contributed by atoms with Gasteiger partial charge in [-0.1, -0.05) is 0 Å². The number of nitrogens with zero attached hydrogens (tertiary/aromatic N) is 1. The smallest absolute Gasteiger partial charge is 0.0629 e. The molecular formula is C10H14ClNO. The molecule has 0 amide bonds. The lowest BCUT2D eigenvalue weighted by Gasteiger charge is -2.09. The zero-order valence-electron chi connectivity index (χ0n) is 7.96. The van der Waals surface area contributed by atoms with Crippen LogP contribution >= 0.6 is 11.6 Å². The lowest BCUT2D eigenvalue weighted by Crippen LogP contribution is -2.11. The number of hydrogen-bond donors (Lipinski definition) is 0. The Bertz CT molecular complexity index is 265. The quantitative estimate of drug-likeness (QED) is 0.694. The third-order valence-electron chi connectivity index (χ3n) is 1.93. The van der Waals surface area contributed by atoms with Crippen molar-refractivity contribution in [2.45, 2.75) is 18.7 Å². The van der Waals surface area contributed by atoms with Gasteiger partial charge in [0.25, 0.3) is 0 Å². The zero-order valence-corrected chi connectivity index (χ0v) is 8.71. The number of halogens is 1. The number of pyridine rings is 1. The number of hydrogen-bond acceptors (Lipinski definition) is 2. The molecule has 1 aromatic heterocycles. The summed E-state index contributed by atoms with van der Waals surface area (Å²) in [7, 11) is 1.66. The Morgan fingerprint density at radius 1 is 1.62 bits per heavy atom. The highest BCUT2D eigenvalue weighted by Gasteiger charge is 2.06. The van der Waals surface area contributed by atoms with Gasteiger partial charge in [0, 0.05) is 19.5 Å². The predicted octanol–water partition coefficient (Wildman–Crippen LogP) is 2.19. The van der Waals surface area contributed by atoms with Crippen molar-refractivity contribution in [1.82, 2.24) is 4.98 Å². The molecule has 0 N–H and O–H groups in total. The summed E-state index contributed by atoms with van der Waals surface area (Å²) in [5.41, 5.74) is 2.43. The average molecular weight is 200 g/mol. The van der Waals surface area contributed by atoms with E-state index >= 15 is 0 Å². The minimum atomic E-state index is 0.0473. The van der Waals surface area contributed by atoms with Gasteiger partial charge in [0.05, 0.1) is 12.0 Å². The molecule has 1 aromatic rings. The molecule has 1 heterocycles. The number of ether oxygens (including phenoxy) is 1. The van der Waals surface area contributed by atoms with Crippen molar-refractivity contribution in [3.8, 4) is 0 Å². The summed E-state index contributed by atoms with van der Waals surface area (Å²) in [6.07, 6.45) is 4.48. The molecule has 0 spiro atoms. The Morgan fingerprint density at radius 2 is 2.38 bits per heavy atom. The van der Waals surface area contributed by atoms with E-state index in [1.54, 1.807) is 13.3 Å². The Hall–Kier alpha value is -0.600. The van der Waals surface area contributed by atoms with Crippen LogP contribution in [0.1, 0.15) is 11.1 Å². The van der Waals surface area contributed by atoms with Crippen molar-refractivity contribution in [2.75, 3.05) is 13.7 Å². The third-order valence-corrected chi connectivity index (χ3v) is 2.21. The van der Waals surface area contributed by atoms with Gasteiger partial charge < -0.3 is 4.74 Å². The molecule has 0 fully saturated rings. The molecule has 1 atom stereocenters. The molecular weight excluding hydrogens is 186 g/mol. The van der Waals surface area contributed by atoms with Crippen LogP contribution in [-0.2, 0) is 11.2 Å². The lowest BCUT2D eigenvalue weighted by molar-refractivity contribution is 0.197. The van der Waals surface area contributed by atoms with E-state index in [0.29, 0.717) is 6.61 Å². The molecule has 2 nitrogen and oxygen atoms in total. The fourth-order valence-electron chi connectivity index (χ4n) is 1.21. The topological polar surface area (TPSA) is 22.1 Å². The molecule has 0 bridgehead atoms. The summed E-state index contributed by atoms with van der Waals surface area (Å²) in [6.45, 7) is 2.63. The van der Waals surface area contributed by atoms with Gasteiger partial charge in [-0.15, -0.1) is 11.6 Å². The van der Waals surface area contributed by atoms with Gasteiger partial charge in [-0.3, -0.25) is 4.98 Å². The van der Waals surface area contributed by atoms with E-state index in [1.807, 2.05) is 19.2 Å². The van der Waals surface area contributed by atoms with Gasteiger partial charge in [-0.05, 0) is 30.5 Å². The van der Waals surface area contributed by atoms with Crippen molar-refractivity contribution in [3.63, 3.8) is 0 Å². The summed E-state index contributed by atoms with van der Waals surface area (Å²) in [6, 6.07) is 2.00. The minimum Gasteiger partial charge on any atom is -0.383 e. The van der Waals surface area contributed by atoms with Crippen LogP contribution in [0.4, 0.5) is 0 Å². The van der Waals surface area contributed by atoms with Crippen molar-refractivity contribution in [3.05, 3.63) is 29.6 Å². The van der Waals surface area contributed by atoms with Crippen LogP contribution in [0.15, 0.2) is 18.5 Å². The second-order valence-electron chi connectivity index (χ2n) is 3.06. The zero-order chi connectivity index (χ0) is 9.68. The van der Waals surface area contributed by atoms with Gasteiger partial charge >= 0.3 is 0 Å². The van der Waals surface area contributed by atoms with Crippen LogP contribution < -0.4 is 0 Å². The second-order valence-corrected chi connectivity index (χ2v) is 3.68. The first kappa shape index (κ1) is 10.5. The molecule has 3 heteroatoms. The van der Waals surface area contributed by atoms with Gasteiger partial charge in [0.1, 0.15) is 0 Å². The van der Waals surface area contributed by atoms with Crippen LogP contribution in [-0.4, -0.2) is 24.1 Å². The van der Waals surface area contributed by atoms with E-state index < -0.39 is 0 Å². The third kappa shape index (κ3) is 3.33. The average Bonchev–Trinajstić information content (AvgIpc) is 2.09. The van der Waals surface area contributed by atoms with E-state index in [1.165, 1.54) is 11.1 Å². The summed E-state index contributed by atoms with van der Waals surface area (Å²) < 4.78 is 4.97. The fraction of sp³-hybridized carbons (Fsp3) is 0.500. The molecule has 1 rings (SSSR count). The van der Waals surface area contributed by atoms with Crippen LogP contribution in [0.25, 0.3) is 0 Å². The van der Waals surface area contributed by atoms with Gasteiger partial charge in [-0.25, -0.2) is 0 Å². The van der Waals surface area contributed by atoms with Crippen molar-refractivity contribution < 1.29 is 4.74 Å². The Morgan fingerprint density at radius 3 is 3.00 bits per heavy atom. The van der Waals surface area contributed by atoms with Crippen molar-refractivity contribution >= 4 is 11.6 Å². The highest BCUT2D eigenvalue weighted by molar-refractivity contribution is 6.20. The molecule has 72 valence electrons. The standard InChI is InChI=1S/C10H14ClNO/c1-8-6-12-4-3-9(8)5-10(11)7-13-2/h3-4,6,10H,5,7H2,1-2H3. The first-order valence-electron chi connectivity index (χ1n) is 4.26. The number of methoxy groups -OCH3 is 1. The normalized spacial score (nSPS) is 12.8. The van der Waals surface area contributed by atoms with Crippen LogP contribution in [0.2, 0.25) is 0 Å². The molecule has 0 aliphatic carbocycles. The maximum Gasteiger partial charge on any atom is 0.0629 e. The molecule has 0 radical (unpaired) electrons. The van der Waals surface area contributed by atoms with Gasteiger partial charge in [-0.2, -0.15) is 0 Å². The Kier molecular flexibility index (Phi) is 4.19. The van der Waals surface area contributed by atoms with E-state index in [0.717, 1.165) is 6.42 Å².